The van der Waals surface area contributed by atoms with Crippen molar-refractivity contribution >= 4 is 23.2 Å². The maximum atomic E-state index is 14.0. The lowest BCUT2D eigenvalue weighted by Gasteiger charge is -2.28. The summed E-state index contributed by atoms with van der Waals surface area (Å²) in [5, 5.41) is 1.06. The molecule has 0 unspecified atom stereocenters. The van der Waals surface area contributed by atoms with Crippen LogP contribution in [0.1, 0.15) is 18.4 Å². The number of hydrogen-bond donors (Lipinski definition) is 1. The Hall–Kier alpha value is -1.29. The van der Waals surface area contributed by atoms with E-state index >= 15 is 0 Å². The van der Waals surface area contributed by atoms with Gasteiger partial charge in [0.1, 0.15) is 17.7 Å². The number of benzene rings is 2. The van der Waals surface area contributed by atoms with Crippen LogP contribution in [-0.4, -0.2) is 12.6 Å². The summed E-state index contributed by atoms with van der Waals surface area (Å²) in [4.78, 5) is 0. The maximum Gasteiger partial charge on any atom is 0.130 e. The molecule has 2 N–H and O–H groups in total. The van der Waals surface area contributed by atoms with E-state index in [4.69, 9.17) is 33.7 Å². The first kappa shape index (κ1) is 15.6. The molecule has 0 aromatic heterocycles. The van der Waals surface area contributed by atoms with Gasteiger partial charge in [0.15, 0.2) is 0 Å². The zero-order valence-corrected chi connectivity index (χ0v) is 13.4. The molecule has 116 valence electrons. The number of aryl methyl sites for hydroxylation is 1. The highest BCUT2D eigenvalue weighted by Crippen LogP contribution is 2.42. The lowest BCUT2D eigenvalue weighted by atomic mass is 9.94. The van der Waals surface area contributed by atoms with Gasteiger partial charge in [0.05, 0.1) is 0 Å². The first-order chi connectivity index (χ1) is 10.6. The van der Waals surface area contributed by atoms with Crippen LogP contribution in [0.3, 0.4) is 0 Å². The zero-order valence-electron chi connectivity index (χ0n) is 11.9. The molecule has 2 aromatic rings. The van der Waals surface area contributed by atoms with Crippen LogP contribution in [0, 0.1) is 5.82 Å². The van der Waals surface area contributed by atoms with Gasteiger partial charge in [0.25, 0.3) is 0 Å². The van der Waals surface area contributed by atoms with E-state index in [9.17, 15) is 4.39 Å². The Morgan fingerprint density at radius 2 is 2.00 bits per heavy atom. The van der Waals surface area contributed by atoms with E-state index in [0.29, 0.717) is 33.5 Å². The van der Waals surface area contributed by atoms with Crippen molar-refractivity contribution < 1.29 is 9.13 Å². The topological polar surface area (TPSA) is 35.2 Å². The summed E-state index contributed by atoms with van der Waals surface area (Å²) in [6.45, 7) is 0.564. The lowest BCUT2D eigenvalue weighted by Crippen LogP contribution is -2.26. The van der Waals surface area contributed by atoms with Crippen molar-refractivity contribution in [2.45, 2.75) is 25.4 Å². The average molecular weight is 340 g/mol. The number of hydrogen-bond acceptors (Lipinski definition) is 2. The van der Waals surface area contributed by atoms with E-state index in [0.717, 1.165) is 24.8 Å². The molecule has 1 atom stereocenters. The molecule has 2 aromatic carbocycles. The first-order valence-electron chi connectivity index (χ1n) is 7.23. The maximum absolute atomic E-state index is 14.0. The number of halogens is 3. The van der Waals surface area contributed by atoms with Crippen LogP contribution >= 0.6 is 23.2 Å². The van der Waals surface area contributed by atoms with E-state index < -0.39 is 0 Å². The van der Waals surface area contributed by atoms with Gasteiger partial charge in [-0.1, -0.05) is 23.2 Å². The predicted octanol–water partition coefficient (Wildman–Crippen LogP) is 4.84. The minimum atomic E-state index is -0.300. The highest BCUT2D eigenvalue weighted by Gasteiger charge is 2.24. The molecule has 0 saturated carbocycles. The smallest absolute Gasteiger partial charge is 0.130 e. The summed E-state index contributed by atoms with van der Waals surface area (Å²) in [6.07, 6.45) is 2.44. The van der Waals surface area contributed by atoms with Gasteiger partial charge in [-0.05, 0) is 61.7 Å². The van der Waals surface area contributed by atoms with Gasteiger partial charge in [-0.2, -0.15) is 0 Å². The molecule has 1 aliphatic rings. The Morgan fingerprint density at radius 1 is 1.18 bits per heavy atom. The molecule has 0 fully saturated rings. The summed E-state index contributed by atoms with van der Waals surface area (Å²) >= 11 is 12.3. The highest BCUT2D eigenvalue weighted by molar-refractivity contribution is 6.35. The van der Waals surface area contributed by atoms with Crippen molar-refractivity contribution in [2.24, 2.45) is 5.73 Å². The van der Waals surface area contributed by atoms with Crippen molar-refractivity contribution in [3.8, 4) is 16.9 Å². The molecule has 0 amide bonds. The Kier molecular flexibility index (Phi) is 4.57. The second-order valence-electron chi connectivity index (χ2n) is 5.42. The van der Waals surface area contributed by atoms with E-state index in [-0.39, 0.29) is 11.9 Å². The molecule has 0 aliphatic carbocycles. The van der Waals surface area contributed by atoms with E-state index in [2.05, 4.69) is 0 Å². The summed E-state index contributed by atoms with van der Waals surface area (Å²) in [5.74, 6) is 0.390. The summed E-state index contributed by atoms with van der Waals surface area (Å²) < 4.78 is 20.0. The summed E-state index contributed by atoms with van der Waals surface area (Å²) in [7, 11) is 0. The van der Waals surface area contributed by atoms with Gasteiger partial charge in [0.2, 0.25) is 0 Å². The highest BCUT2D eigenvalue weighted by atomic mass is 35.5. The minimum absolute atomic E-state index is 0.0553. The molecule has 22 heavy (non-hydrogen) atoms. The molecule has 0 spiro atoms. The van der Waals surface area contributed by atoms with E-state index in [1.54, 1.807) is 18.2 Å². The number of rotatable bonds is 3. The zero-order chi connectivity index (χ0) is 15.7. The second-order valence-corrected chi connectivity index (χ2v) is 6.27. The normalized spacial score (nSPS) is 17.0. The lowest BCUT2D eigenvalue weighted by molar-refractivity contribution is 0.167. The Balaban J connectivity index is 2.12. The Morgan fingerprint density at radius 3 is 2.77 bits per heavy atom. The standard InChI is InChI=1S/C17H16Cl2FNO/c18-11-2-4-16(19)14(8-11)15-9-12(20)7-10-1-3-13(5-6-21)22-17(10)15/h2,4,7-9,13H,1,3,5-6,21H2/t13-/m1/s1. The minimum Gasteiger partial charge on any atom is -0.489 e. The van der Waals surface area contributed by atoms with E-state index in [1.807, 2.05) is 0 Å². The van der Waals surface area contributed by atoms with Crippen molar-refractivity contribution in [3.05, 3.63) is 51.8 Å². The molecule has 1 aliphatic heterocycles. The SMILES string of the molecule is NCC[C@H]1CCc2cc(F)cc(-c3cc(Cl)ccc3Cl)c2O1. The van der Waals surface area contributed by atoms with Gasteiger partial charge in [0, 0.05) is 21.2 Å². The van der Waals surface area contributed by atoms with Crippen LogP contribution in [0.2, 0.25) is 10.0 Å². The van der Waals surface area contributed by atoms with E-state index in [1.165, 1.54) is 12.1 Å². The molecule has 0 bridgehead atoms. The third kappa shape index (κ3) is 3.07. The fraction of sp³-hybridized carbons (Fsp3) is 0.294. The van der Waals surface area contributed by atoms with Gasteiger partial charge in [-0.15, -0.1) is 0 Å². The average Bonchev–Trinajstić information content (AvgIpc) is 2.49. The van der Waals surface area contributed by atoms with Crippen LogP contribution in [0.5, 0.6) is 5.75 Å². The van der Waals surface area contributed by atoms with Crippen molar-refractivity contribution in [1.82, 2.24) is 0 Å². The number of fused-ring (bicyclic) bond motifs is 1. The van der Waals surface area contributed by atoms with Crippen LogP contribution < -0.4 is 10.5 Å². The first-order valence-corrected chi connectivity index (χ1v) is 7.98. The van der Waals surface area contributed by atoms with Gasteiger partial charge < -0.3 is 10.5 Å². The van der Waals surface area contributed by atoms with Crippen molar-refractivity contribution in [1.29, 1.82) is 0 Å². The van der Waals surface area contributed by atoms with Crippen molar-refractivity contribution in [2.75, 3.05) is 6.54 Å². The molecule has 5 heteroatoms. The molecule has 2 nitrogen and oxygen atoms in total. The quantitative estimate of drug-likeness (QED) is 0.868. The third-order valence-electron chi connectivity index (χ3n) is 3.86. The predicted molar refractivity (Wildman–Crippen MR) is 88.3 cm³/mol. The molecule has 1 heterocycles. The van der Waals surface area contributed by atoms with Gasteiger partial charge >= 0.3 is 0 Å². The van der Waals surface area contributed by atoms with Crippen LogP contribution in [-0.2, 0) is 6.42 Å². The van der Waals surface area contributed by atoms with Crippen LogP contribution in [0.25, 0.3) is 11.1 Å². The molecular weight excluding hydrogens is 324 g/mol. The summed E-state index contributed by atoms with van der Waals surface area (Å²) in [6, 6.07) is 8.11. The monoisotopic (exact) mass is 339 g/mol. The second kappa shape index (κ2) is 6.45. The molecular formula is C17H16Cl2FNO. The number of ether oxygens (including phenoxy) is 1. The Labute approximate surface area is 139 Å². The third-order valence-corrected chi connectivity index (χ3v) is 4.42. The molecule has 0 saturated heterocycles. The summed E-state index contributed by atoms with van der Waals surface area (Å²) in [5.41, 5.74) is 7.80. The largest absolute Gasteiger partial charge is 0.489 e. The van der Waals surface area contributed by atoms with Gasteiger partial charge in [-0.3, -0.25) is 0 Å². The fourth-order valence-electron chi connectivity index (χ4n) is 2.81. The van der Waals surface area contributed by atoms with Gasteiger partial charge in [-0.25, -0.2) is 4.39 Å². The van der Waals surface area contributed by atoms with Crippen LogP contribution in [0.15, 0.2) is 30.3 Å². The van der Waals surface area contributed by atoms with Crippen LogP contribution in [0.4, 0.5) is 4.39 Å². The molecule has 3 rings (SSSR count). The fourth-order valence-corrected chi connectivity index (χ4v) is 3.20. The number of nitrogens with two attached hydrogens (primary N) is 1. The van der Waals surface area contributed by atoms with Crippen molar-refractivity contribution in [3.63, 3.8) is 0 Å². The molecule has 0 radical (unpaired) electrons. The Bertz CT molecular complexity index is 705.